The first-order valence-corrected chi connectivity index (χ1v) is 4.39. The molecule has 0 aliphatic carbocycles. The summed E-state index contributed by atoms with van der Waals surface area (Å²) in [4.78, 5) is 2.34. The monoisotopic (exact) mass is 163 g/mol. The summed E-state index contributed by atoms with van der Waals surface area (Å²) in [5.41, 5.74) is 2.69. The Balaban J connectivity index is 2.98. The second kappa shape index (κ2) is 3.72. The van der Waals surface area contributed by atoms with Gasteiger partial charge in [-0.25, -0.2) is 0 Å². The molecule has 0 bridgehead atoms. The molecule has 0 saturated heterocycles. The van der Waals surface area contributed by atoms with Crippen LogP contribution in [0, 0.1) is 0 Å². The fraction of sp³-hybridized carbons (Fsp3) is 0.455. The average molecular weight is 163 g/mol. The molecule has 0 radical (unpaired) electrons. The first-order valence-electron chi connectivity index (χ1n) is 4.39. The SMILES string of the molecule is C=CC1=C(C=C)C(C)N(C)CC1. The predicted molar refractivity (Wildman–Crippen MR) is 54.1 cm³/mol. The largest absolute Gasteiger partial charge is 0.299 e. The molecule has 1 atom stereocenters. The van der Waals surface area contributed by atoms with Crippen LogP contribution in [0.25, 0.3) is 0 Å². The van der Waals surface area contributed by atoms with Gasteiger partial charge in [-0.1, -0.05) is 25.3 Å². The first-order chi connectivity index (χ1) is 5.70. The van der Waals surface area contributed by atoms with Gasteiger partial charge in [-0.3, -0.25) is 4.90 Å². The summed E-state index contributed by atoms with van der Waals surface area (Å²) in [7, 11) is 2.15. The van der Waals surface area contributed by atoms with Crippen molar-refractivity contribution in [3.05, 3.63) is 36.5 Å². The zero-order valence-corrected chi connectivity index (χ0v) is 8.01. The van der Waals surface area contributed by atoms with Gasteiger partial charge in [-0.05, 0) is 31.5 Å². The van der Waals surface area contributed by atoms with Crippen LogP contribution in [0.4, 0.5) is 0 Å². The normalized spacial score (nSPS) is 25.7. The van der Waals surface area contributed by atoms with Crippen LogP contribution in [0.2, 0.25) is 0 Å². The van der Waals surface area contributed by atoms with Crippen molar-refractivity contribution in [2.45, 2.75) is 19.4 Å². The number of rotatable bonds is 2. The lowest BCUT2D eigenvalue weighted by atomic mass is 9.94. The van der Waals surface area contributed by atoms with E-state index in [4.69, 9.17) is 0 Å². The Morgan fingerprint density at radius 2 is 2.08 bits per heavy atom. The molecule has 0 fully saturated rings. The van der Waals surface area contributed by atoms with Crippen LogP contribution in [0.5, 0.6) is 0 Å². The molecule has 1 heterocycles. The average Bonchev–Trinajstić information content (AvgIpc) is 2.09. The van der Waals surface area contributed by atoms with Crippen molar-refractivity contribution in [2.75, 3.05) is 13.6 Å². The van der Waals surface area contributed by atoms with Crippen molar-refractivity contribution >= 4 is 0 Å². The van der Waals surface area contributed by atoms with Crippen LogP contribution in [0.1, 0.15) is 13.3 Å². The van der Waals surface area contributed by atoms with Gasteiger partial charge in [0.2, 0.25) is 0 Å². The van der Waals surface area contributed by atoms with Crippen LogP contribution < -0.4 is 0 Å². The van der Waals surface area contributed by atoms with Gasteiger partial charge in [0.1, 0.15) is 0 Å². The standard InChI is InChI=1S/C11H17N/c1-5-10-7-8-12(4)9(3)11(10)6-2/h5-6,9H,1-2,7-8H2,3-4H3. The van der Waals surface area contributed by atoms with Crippen molar-refractivity contribution in [1.82, 2.24) is 4.90 Å². The summed E-state index contributed by atoms with van der Waals surface area (Å²) >= 11 is 0. The topological polar surface area (TPSA) is 3.24 Å². The van der Waals surface area contributed by atoms with Gasteiger partial charge in [0.15, 0.2) is 0 Å². The molecule has 0 aromatic rings. The zero-order valence-electron chi connectivity index (χ0n) is 8.01. The van der Waals surface area contributed by atoms with Gasteiger partial charge < -0.3 is 0 Å². The summed E-state index contributed by atoms with van der Waals surface area (Å²) < 4.78 is 0. The van der Waals surface area contributed by atoms with Crippen LogP contribution in [0.15, 0.2) is 36.5 Å². The van der Waals surface area contributed by atoms with E-state index >= 15 is 0 Å². The molecular formula is C11H17N. The van der Waals surface area contributed by atoms with E-state index in [0.29, 0.717) is 6.04 Å². The lowest BCUT2D eigenvalue weighted by Gasteiger charge is -2.32. The minimum Gasteiger partial charge on any atom is -0.299 e. The third kappa shape index (κ3) is 1.51. The van der Waals surface area contributed by atoms with Gasteiger partial charge in [0, 0.05) is 12.6 Å². The smallest absolute Gasteiger partial charge is 0.0319 e. The molecule has 0 saturated carbocycles. The Labute approximate surface area is 75.1 Å². The van der Waals surface area contributed by atoms with Gasteiger partial charge in [0.05, 0.1) is 0 Å². The first kappa shape index (κ1) is 9.27. The molecule has 66 valence electrons. The fourth-order valence-corrected chi connectivity index (χ4v) is 1.66. The van der Waals surface area contributed by atoms with Gasteiger partial charge in [-0.2, -0.15) is 0 Å². The Bertz CT molecular complexity index is 225. The lowest BCUT2D eigenvalue weighted by molar-refractivity contribution is 0.278. The highest BCUT2D eigenvalue weighted by Gasteiger charge is 2.19. The van der Waals surface area contributed by atoms with Gasteiger partial charge >= 0.3 is 0 Å². The maximum absolute atomic E-state index is 3.84. The molecule has 1 heteroatoms. The van der Waals surface area contributed by atoms with Crippen molar-refractivity contribution in [3.8, 4) is 0 Å². The van der Waals surface area contributed by atoms with Crippen LogP contribution in [0.3, 0.4) is 0 Å². The van der Waals surface area contributed by atoms with Crippen LogP contribution >= 0.6 is 0 Å². The van der Waals surface area contributed by atoms with E-state index in [1.807, 2.05) is 12.2 Å². The highest BCUT2D eigenvalue weighted by Crippen LogP contribution is 2.23. The molecule has 0 amide bonds. The Morgan fingerprint density at radius 3 is 2.58 bits per heavy atom. The minimum atomic E-state index is 0.490. The summed E-state index contributed by atoms with van der Waals surface area (Å²) in [5.74, 6) is 0. The fourth-order valence-electron chi connectivity index (χ4n) is 1.66. The van der Waals surface area contributed by atoms with E-state index in [2.05, 4.69) is 32.0 Å². The maximum atomic E-state index is 3.84. The Kier molecular flexibility index (Phi) is 2.88. The third-order valence-electron chi connectivity index (χ3n) is 2.68. The third-order valence-corrected chi connectivity index (χ3v) is 2.68. The molecular weight excluding hydrogens is 146 g/mol. The predicted octanol–water partition coefficient (Wildman–Crippen LogP) is 2.38. The minimum absolute atomic E-state index is 0.490. The van der Waals surface area contributed by atoms with E-state index in [1.54, 1.807) is 0 Å². The second-order valence-electron chi connectivity index (χ2n) is 3.30. The number of hydrogen-bond donors (Lipinski definition) is 0. The molecule has 0 N–H and O–H groups in total. The van der Waals surface area contributed by atoms with Crippen molar-refractivity contribution < 1.29 is 0 Å². The highest BCUT2D eigenvalue weighted by molar-refractivity contribution is 5.36. The Morgan fingerprint density at radius 1 is 1.42 bits per heavy atom. The zero-order chi connectivity index (χ0) is 9.14. The Hall–Kier alpha value is -0.820. The molecule has 0 spiro atoms. The van der Waals surface area contributed by atoms with E-state index in [9.17, 15) is 0 Å². The summed E-state index contributed by atoms with van der Waals surface area (Å²) in [5, 5.41) is 0. The molecule has 1 nitrogen and oxygen atoms in total. The van der Waals surface area contributed by atoms with Crippen LogP contribution in [-0.2, 0) is 0 Å². The van der Waals surface area contributed by atoms with Gasteiger partial charge in [-0.15, -0.1) is 0 Å². The van der Waals surface area contributed by atoms with Gasteiger partial charge in [0.25, 0.3) is 0 Å². The van der Waals surface area contributed by atoms with Crippen molar-refractivity contribution in [1.29, 1.82) is 0 Å². The lowest BCUT2D eigenvalue weighted by Crippen LogP contribution is -2.35. The quantitative estimate of drug-likeness (QED) is 0.604. The number of allylic oxidation sites excluding steroid dienone is 1. The van der Waals surface area contributed by atoms with E-state index < -0.39 is 0 Å². The molecule has 1 rings (SSSR count). The van der Waals surface area contributed by atoms with Crippen molar-refractivity contribution in [3.63, 3.8) is 0 Å². The van der Waals surface area contributed by atoms with Crippen molar-refractivity contribution in [2.24, 2.45) is 0 Å². The maximum Gasteiger partial charge on any atom is 0.0319 e. The van der Waals surface area contributed by atoms with E-state index in [0.717, 1.165) is 13.0 Å². The second-order valence-corrected chi connectivity index (χ2v) is 3.30. The molecule has 1 aliphatic heterocycles. The number of nitrogens with zero attached hydrogens (tertiary/aromatic N) is 1. The summed E-state index contributed by atoms with van der Waals surface area (Å²) in [6.07, 6.45) is 5.02. The van der Waals surface area contributed by atoms with Crippen LogP contribution in [-0.4, -0.2) is 24.5 Å². The van der Waals surface area contributed by atoms with E-state index in [1.165, 1.54) is 11.1 Å². The summed E-state index contributed by atoms with van der Waals surface area (Å²) in [6, 6.07) is 0.490. The highest BCUT2D eigenvalue weighted by atomic mass is 15.1. The molecule has 1 unspecified atom stereocenters. The molecule has 0 aromatic carbocycles. The summed E-state index contributed by atoms with van der Waals surface area (Å²) in [6.45, 7) is 11.0. The molecule has 1 aliphatic rings. The molecule has 0 aromatic heterocycles. The number of likely N-dealkylation sites (N-methyl/N-ethyl adjacent to an activating group) is 1. The van der Waals surface area contributed by atoms with E-state index in [-0.39, 0.29) is 0 Å². The number of hydrogen-bond acceptors (Lipinski definition) is 1. The molecule has 12 heavy (non-hydrogen) atoms.